The monoisotopic (exact) mass is 325 g/mol. The van der Waals surface area contributed by atoms with Crippen molar-refractivity contribution >= 4 is 11.8 Å². The summed E-state index contributed by atoms with van der Waals surface area (Å²) in [5.41, 5.74) is 7.85. The lowest BCUT2D eigenvalue weighted by Crippen LogP contribution is -2.33. The van der Waals surface area contributed by atoms with E-state index in [0.29, 0.717) is 18.7 Å². The predicted octanol–water partition coefficient (Wildman–Crippen LogP) is 2.14. The third-order valence-corrected chi connectivity index (χ3v) is 3.65. The Balaban J connectivity index is 2.05. The van der Waals surface area contributed by atoms with Crippen LogP contribution in [0.25, 0.3) is 0 Å². The van der Waals surface area contributed by atoms with Gasteiger partial charge in [0.2, 0.25) is 5.91 Å². The molecule has 0 fully saturated rings. The van der Waals surface area contributed by atoms with Gasteiger partial charge < -0.3 is 11.1 Å². The smallest absolute Gasteiger partial charge is 0.251 e. The zero-order valence-corrected chi connectivity index (χ0v) is 13.8. The first-order valence-electron chi connectivity index (χ1n) is 8.06. The largest absolute Gasteiger partial charge is 0.368 e. The van der Waals surface area contributed by atoms with Crippen molar-refractivity contribution in [1.29, 1.82) is 0 Å². The molecular weight excluding hydrogens is 302 g/mol. The lowest BCUT2D eigenvalue weighted by Gasteiger charge is -2.16. The van der Waals surface area contributed by atoms with Crippen LogP contribution in [0.2, 0.25) is 0 Å². The maximum absolute atomic E-state index is 12.0. The first kappa shape index (κ1) is 17.7. The molecule has 5 heteroatoms. The second-order valence-electron chi connectivity index (χ2n) is 5.58. The van der Waals surface area contributed by atoms with Crippen LogP contribution in [0, 0.1) is 0 Å². The van der Waals surface area contributed by atoms with Gasteiger partial charge in [-0.3, -0.25) is 14.9 Å². The van der Waals surface area contributed by atoms with Crippen LogP contribution in [0.1, 0.15) is 40.9 Å². The molecule has 0 aliphatic rings. The lowest BCUT2D eigenvalue weighted by atomic mass is 10.1. The molecule has 0 saturated carbocycles. The van der Waals surface area contributed by atoms with Gasteiger partial charge in [0.1, 0.15) is 6.04 Å². The molecule has 2 rings (SSSR count). The summed E-state index contributed by atoms with van der Waals surface area (Å²) in [6.07, 6.45) is 0.893. The van der Waals surface area contributed by atoms with Gasteiger partial charge in [0.15, 0.2) is 0 Å². The fourth-order valence-corrected chi connectivity index (χ4v) is 2.41. The number of primary amides is 1. The number of rotatable bonds is 8. The Morgan fingerprint density at radius 1 is 1.08 bits per heavy atom. The van der Waals surface area contributed by atoms with Crippen molar-refractivity contribution in [2.24, 2.45) is 5.73 Å². The summed E-state index contributed by atoms with van der Waals surface area (Å²) >= 11 is 0. The predicted molar refractivity (Wildman–Crippen MR) is 94.3 cm³/mol. The Labute approximate surface area is 142 Å². The van der Waals surface area contributed by atoms with Crippen molar-refractivity contribution in [2.75, 3.05) is 6.54 Å². The van der Waals surface area contributed by atoms with E-state index in [4.69, 9.17) is 5.73 Å². The van der Waals surface area contributed by atoms with E-state index in [0.717, 1.165) is 17.5 Å². The first-order valence-corrected chi connectivity index (χ1v) is 8.06. The van der Waals surface area contributed by atoms with E-state index in [1.807, 2.05) is 55.5 Å². The Hall–Kier alpha value is -2.66. The number of benzene rings is 2. The fraction of sp³-hybridized carbons (Fsp3) is 0.263. The molecule has 5 nitrogen and oxygen atoms in total. The Bertz CT molecular complexity index is 686. The molecule has 1 unspecified atom stereocenters. The van der Waals surface area contributed by atoms with Gasteiger partial charge in [-0.05, 0) is 29.7 Å². The van der Waals surface area contributed by atoms with Crippen molar-refractivity contribution < 1.29 is 9.59 Å². The van der Waals surface area contributed by atoms with E-state index < -0.39 is 11.9 Å². The maximum atomic E-state index is 12.0. The van der Waals surface area contributed by atoms with Gasteiger partial charge in [-0.25, -0.2) is 0 Å². The molecule has 2 amide bonds. The van der Waals surface area contributed by atoms with E-state index in [1.165, 1.54) is 0 Å². The van der Waals surface area contributed by atoms with Crippen LogP contribution in [-0.2, 0) is 11.3 Å². The highest BCUT2D eigenvalue weighted by atomic mass is 16.2. The number of nitrogens with one attached hydrogen (secondary N) is 2. The molecule has 4 N–H and O–H groups in total. The second kappa shape index (κ2) is 8.84. The molecule has 0 aliphatic carbocycles. The summed E-state index contributed by atoms with van der Waals surface area (Å²) in [6.45, 7) is 3.10. The Kier molecular flexibility index (Phi) is 6.51. The quantitative estimate of drug-likeness (QED) is 0.695. The van der Waals surface area contributed by atoms with E-state index in [-0.39, 0.29) is 5.91 Å². The summed E-state index contributed by atoms with van der Waals surface area (Å²) in [5, 5.41) is 6.01. The summed E-state index contributed by atoms with van der Waals surface area (Å²) in [4.78, 5) is 23.7. The van der Waals surface area contributed by atoms with Gasteiger partial charge in [0, 0.05) is 18.7 Å². The molecule has 0 saturated heterocycles. The summed E-state index contributed by atoms with van der Waals surface area (Å²) in [6, 6.07) is 16.1. The van der Waals surface area contributed by atoms with Gasteiger partial charge in [-0.15, -0.1) is 0 Å². The molecule has 0 aromatic heterocycles. The number of carbonyl (C=O) groups is 2. The maximum Gasteiger partial charge on any atom is 0.251 e. The van der Waals surface area contributed by atoms with Crippen molar-refractivity contribution in [3.63, 3.8) is 0 Å². The minimum atomic E-state index is -0.566. The highest BCUT2D eigenvalue weighted by molar-refractivity contribution is 5.94. The van der Waals surface area contributed by atoms with Gasteiger partial charge in [0.05, 0.1) is 0 Å². The van der Waals surface area contributed by atoms with E-state index in [2.05, 4.69) is 10.6 Å². The minimum absolute atomic E-state index is 0.0896. The van der Waals surface area contributed by atoms with E-state index in [9.17, 15) is 9.59 Å². The van der Waals surface area contributed by atoms with Crippen molar-refractivity contribution in [3.05, 3.63) is 71.3 Å². The highest BCUT2D eigenvalue weighted by Gasteiger charge is 2.16. The van der Waals surface area contributed by atoms with Gasteiger partial charge >= 0.3 is 0 Å². The number of nitrogens with two attached hydrogens (primary N) is 1. The average molecular weight is 325 g/mol. The van der Waals surface area contributed by atoms with Crippen molar-refractivity contribution in [2.45, 2.75) is 25.9 Å². The number of carbonyl (C=O) groups excluding carboxylic acids is 2. The summed E-state index contributed by atoms with van der Waals surface area (Å²) in [5.74, 6) is -0.522. The molecule has 0 aliphatic heterocycles. The molecule has 0 heterocycles. The van der Waals surface area contributed by atoms with Crippen molar-refractivity contribution in [1.82, 2.24) is 10.6 Å². The average Bonchev–Trinajstić information content (AvgIpc) is 2.60. The fourth-order valence-electron chi connectivity index (χ4n) is 2.41. The SMILES string of the molecule is CCCNC(=O)c1cccc(CNC(C(N)=O)c2ccccc2)c1. The highest BCUT2D eigenvalue weighted by Crippen LogP contribution is 2.13. The normalized spacial score (nSPS) is 11.7. The molecule has 0 radical (unpaired) electrons. The van der Waals surface area contributed by atoms with Crippen LogP contribution < -0.4 is 16.4 Å². The number of hydrogen-bond acceptors (Lipinski definition) is 3. The summed E-state index contributed by atoms with van der Waals surface area (Å²) in [7, 11) is 0. The van der Waals surface area contributed by atoms with Gasteiger partial charge in [0.25, 0.3) is 5.91 Å². The standard InChI is InChI=1S/C19H23N3O2/c1-2-11-21-19(24)16-10-6-7-14(12-16)13-22-17(18(20)23)15-8-4-3-5-9-15/h3-10,12,17,22H,2,11,13H2,1H3,(H2,20,23)(H,21,24). The Morgan fingerprint density at radius 2 is 1.83 bits per heavy atom. The number of hydrogen-bond donors (Lipinski definition) is 3. The van der Waals surface area contributed by atoms with Crippen molar-refractivity contribution in [3.8, 4) is 0 Å². The molecule has 0 bridgehead atoms. The lowest BCUT2D eigenvalue weighted by molar-refractivity contribution is -0.120. The topological polar surface area (TPSA) is 84.2 Å². The molecule has 2 aromatic carbocycles. The van der Waals surface area contributed by atoms with Crippen LogP contribution in [0.15, 0.2) is 54.6 Å². The molecule has 2 aromatic rings. The van der Waals surface area contributed by atoms with Gasteiger partial charge in [-0.2, -0.15) is 0 Å². The summed E-state index contributed by atoms with van der Waals surface area (Å²) < 4.78 is 0. The third kappa shape index (κ3) is 4.93. The molecule has 1 atom stereocenters. The zero-order valence-electron chi connectivity index (χ0n) is 13.8. The van der Waals surface area contributed by atoms with Crippen LogP contribution in [0.3, 0.4) is 0 Å². The zero-order chi connectivity index (χ0) is 17.4. The van der Waals surface area contributed by atoms with Crippen LogP contribution in [0.5, 0.6) is 0 Å². The first-order chi connectivity index (χ1) is 11.6. The van der Waals surface area contributed by atoms with Crippen LogP contribution in [0.4, 0.5) is 0 Å². The molecule has 24 heavy (non-hydrogen) atoms. The van der Waals surface area contributed by atoms with E-state index in [1.54, 1.807) is 6.07 Å². The molecule has 0 spiro atoms. The van der Waals surface area contributed by atoms with Gasteiger partial charge in [-0.1, -0.05) is 49.4 Å². The minimum Gasteiger partial charge on any atom is -0.368 e. The molecule has 126 valence electrons. The Morgan fingerprint density at radius 3 is 2.50 bits per heavy atom. The van der Waals surface area contributed by atoms with Crippen LogP contribution in [-0.4, -0.2) is 18.4 Å². The molecular formula is C19H23N3O2. The number of amides is 2. The van der Waals surface area contributed by atoms with Crippen LogP contribution >= 0.6 is 0 Å². The second-order valence-corrected chi connectivity index (χ2v) is 5.58. The third-order valence-electron chi connectivity index (χ3n) is 3.65. The van der Waals surface area contributed by atoms with E-state index >= 15 is 0 Å².